The van der Waals surface area contributed by atoms with Gasteiger partial charge in [-0.3, -0.25) is 4.99 Å². The van der Waals surface area contributed by atoms with Crippen molar-refractivity contribution in [3.05, 3.63) is 29.8 Å². The van der Waals surface area contributed by atoms with Gasteiger partial charge in [0, 0.05) is 33.9 Å². The first-order chi connectivity index (χ1) is 12.4. The average molecular weight is 377 g/mol. The summed E-state index contributed by atoms with van der Waals surface area (Å²) in [4.78, 5) is 4.11. The van der Waals surface area contributed by atoms with Crippen molar-refractivity contribution in [2.75, 3.05) is 47.1 Å². The lowest BCUT2D eigenvalue weighted by Crippen LogP contribution is -2.37. The summed E-state index contributed by atoms with van der Waals surface area (Å²) in [6.45, 7) is 1.69. The smallest absolute Gasteiger partial charge is 0.422 e. The maximum Gasteiger partial charge on any atom is 0.422 e. The first-order valence-electron chi connectivity index (χ1n) is 8.24. The zero-order chi connectivity index (χ0) is 19.3. The van der Waals surface area contributed by atoms with Crippen LogP contribution in [-0.4, -0.2) is 59.3 Å². The van der Waals surface area contributed by atoms with Crippen LogP contribution in [0.3, 0.4) is 0 Å². The molecule has 1 rings (SSSR count). The predicted molar refractivity (Wildman–Crippen MR) is 93.5 cm³/mol. The number of hydrogen-bond donors (Lipinski definition) is 2. The van der Waals surface area contributed by atoms with Gasteiger partial charge in [-0.05, 0) is 24.1 Å². The van der Waals surface area contributed by atoms with Crippen molar-refractivity contribution >= 4 is 5.96 Å². The van der Waals surface area contributed by atoms with Gasteiger partial charge < -0.3 is 24.8 Å². The van der Waals surface area contributed by atoms with E-state index in [4.69, 9.17) is 9.47 Å². The van der Waals surface area contributed by atoms with E-state index in [-0.39, 0.29) is 5.75 Å². The molecule has 0 saturated carbocycles. The van der Waals surface area contributed by atoms with Crippen LogP contribution in [0.15, 0.2) is 29.3 Å². The van der Waals surface area contributed by atoms with Gasteiger partial charge in [0.05, 0.1) is 13.2 Å². The van der Waals surface area contributed by atoms with Gasteiger partial charge in [-0.15, -0.1) is 0 Å². The molecular weight excluding hydrogens is 351 g/mol. The zero-order valence-corrected chi connectivity index (χ0v) is 15.1. The third-order valence-corrected chi connectivity index (χ3v) is 3.20. The van der Waals surface area contributed by atoms with Crippen LogP contribution in [0.5, 0.6) is 5.75 Å². The zero-order valence-electron chi connectivity index (χ0n) is 15.1. The predicted octanol–water partition coefficient (Wildman–Crippen LogP) is 2.35. The van der Waals surface area contributed by atoms with Crippen LogP contribution >= 0.6 is 0 Å². The fourth-order valence-corrected chi connectivity index (χ4v) is 1.90. The highest BCUT2D eigenvalue weighted by Crippen LogP contribution is 2.18. The van der Waals surface area contributed by atoms with Crippen molar-refractivity contribution in [2.45, 2.75) is 19.1 Å². The number of methoxy groups -OCH3 is 1. The Morgan fingerprint density at radius 1 is 1.08 bits per heavy atom. The van der Waals surface area contributed by atoms with Crippen LogP contribution < -0.4 is 15.4 Å². The van der Waals surface area contributed by atoms with E-state index >= 15 is 0 Å². The molecule has 0 unspecified atom stereocenters. The Morgan fingerprint density at radius 2 is 1.81 bits per heavy atom. The Labute approximate surface area is 151 Å². The largest absolute Gasteiger partial charge is 0.484 e. The number of aliphatic imine (C=N–C) groups is 1. The lowest BCUT2D eigenvalue weighted by Gasteiger charge is -2.13. The summed E-state index contributed by atoms with van der Waals surface area (Å²) in [5.41, 5.74) is 0.898. The minimum Gasteiger partial charge on any atom is -0.484 e. The van der Waals surface area contributed by atoms with Crippen LogP contribution in [0.2, 0.25) is 0 Å². The van der Waals surface area contributed by atoms with Crippen molar-refractivity contribution in [2.24, 2.45) is 4.99 Å². The Morgan fingerprint density at radius 3 is 2.42 bits per heavy atom. The highest BCUT2D eigenvalue weighted by Gasteiger charge is 2.28. The normalized spacial score (nSPS) is 12.1. The lowest BCUT2D eigenvalue weighted by molar-refractivity contribution is -0.153. The van der Waals surface area contributed by atoms with Crippen molar-refractivity contribution in [3.63, 3.8) is 0 Å². The minimum absolute atomic E-state index is 0.182. The van der Waals surface area contributed by atoms with E-state index in [1.807, 2.05) is 0 Å². The first kappa shape index (κ1) is 22.0. The van der Waals surface area contributed by atoms with Crippen LogP contribution in [0, 0.1) is 0 Å². The van der Waals surface area contributed by atoms with Gasteiger partial charge in [-0.2, -0.15) is 13.2 Å². The molecule has 0 saturated heterocycles. The summed E-state index contributed by atoms with van der Waals surface area (Å²) in [7, 11) is 3.29. The summed E-state index contributed by atoms with van der Waals surface area (Å²) in [6.07, 6.45) is -3.51. The van der Waals surface area contributed by atoms with Gasteiger partial charge in [0.15, 0.2) is 12.6 Å². The topological polar surface area (TPSA) is 64.1 Å². The molecular formula is C17H26F3N3O3. The molecule has 9 heteroatoms. The summed E-state index contributed by atoms with van der Waals surface area (Å²) >= 11 is 0. The SMILES string of the molecule is CN=C(NCCCOCCOC)NCc1ccc(OCC(F)(F)F)cc1. The molecule has 0 bridgehead atoms. The number of nitrogens with one attached hydrogen (secondary N) is 2. The molecule has 148 valence electrons. The molecule has 0 aliphatic rings. The van der Waals surface area contributed by atoms with E-state index in [0.29, 0.717) is 38.9 Å². The quantitative estimate of drug-likeness (QED) is 0.352. The summed E-state index contributed by atoms with van der Waals surface area (Å²) in [6, 6.07) is 6.43. The first-order valence-corrected chi connectivity index (χ1v) is 8.24. The molecule has 0 amide bonds. The number of guanidine groups is 1. The fraction of sp³-hybridized carbons (Fsp3) is 0.588. The third-order valence-electron chi connectivity index (χ3n) is 3.20. The number of ether oxygens (including phenoxy) is 3. The van der Waals surface area contributed by atoms with Gasteiger partial charge in [0.2, 0.25) is 0 Å². The number of hydrogen-bond acceptors (Lipinski definition) is 4. The molecule has 26 heavy (non-hydrogen) atoms. The van der Waals surface area contributed by atoms with Gasteiger partial charge in [0.1, 0.15) is 5.75 Å². The maximum atomic E-state index is 12.1. The Hall–Kier alpha value is -2.00. The van der Waals surface area contributed by atoms with E-state index in [0.717, 1.165) is 12.0 Å². The highest BCUT2D eigenvalue weighted by molar-refractivity contribution is 5.79. The third kappa shape index (κ3) is 10.8. The van der Waals surface area contributed by atoms with Crippen molar-refractivity contribution in [1.82, 2.24) is 10.6 Å². The number of nitrogens with zero attached hydrogens (tertiary/aromatic N) is 1. The van der Waals surface area contributed by atoms with Crippen LogP contribution in [0.1, 0.15) is 12.0 Å². The molecule has 1 aromatic carbocycles. The van der Waals surface area contributed by atoms with Crippen LogP contribution in [0.4, 0.5) is 13.2 Å². The Bertz CT molecular complexity index is 522. The van der Waals surface area contributed by atoms with Crippen molar-refractivity contribution in [1.29, 1.82) is 0 Å². The fourth-order valence-electron chi connectivity index (χ4n) is 1.90. The number of benzene rings is 1. The van der Waals surface area contributed by atoms with E-state index in [2.05, 4.69) is 20.4 Å². The molecule has 1 aromatic rings. The highest BCUT2D eigenvalue weighted by atomic mass is 19.4. The molecule has 0 heterocycles. The molecule has 0 aliphatic heterocycles. The van der Waals surface area contributed by atoms with Gasteiger partial charge in [0.25, 0.3) is 0 Å². The van der Waals surface area contributed by atoms with Gasteiger partial charge >= 0.3 is 6.18 Å². The minimum atomic E-state index is -4.34. The van der Waals surface area contributed by atoms with E-state index < -0.39 is 12.8 Å². The van der Waals surface area contributed by atoms with E-state index in [1.165, 1.54) is 12.1 Å². The molecule has 2 N–H and O–H groups in total. The lowest BCUT2D eigenvalue weighted by atomic mass is 10.2. The standard InChI is InChI=1S/C17H26F3N3O3/c1-21-16(22-8-3-9-25-11-10-24-2)23-12-14-4-6-15(7-5-14)26-13-17(18,19)20/h4-7H,3,8-13H2,1-2H3,(H2,21,22,23). The number of rotatable bonds is 11. The maximum absolute atomic E-state index is 12.1. The monoisotopic (exact) mass is 377 g/mol. The second-order valence-electron chi connectivity index (χ2n) is 5.36. The molecule has 0 aromatic heterocycles. The summed E-state index contributed by atoms with van der Waals surface area (Å²) in [5, 5.41) is 6.29. The second kappa shape index (κ2) is 12.4. The summed E-state index contributed by atoms with van der Waals surface area (Å²) < 4.78 is 51.2. The number of alkyl halides is 3. The van der Waals surface area contributed by atoms with E-state index in [1.54, 1.807) is 26.3 Å². The van der Waals surface area contributed by atoms with Gasteiger partial charge in [-0.25, -0.2) is 0 Å². The van der Waals surface area contributed by atoms with E-state index in [9.17, 15) is 13.2 Å². The Kier molecular flexibility index (Phi) is 10.5. The Balaban J connectivity index is 2.24. The molecule has 0 aliphatic carbocycles. The molecule has 0 atom stereocenters. The molecule has 0 fully saturated rings. The van der Waals surface area contributed by atoms with Gasteiger partial charge in [-0.1, -0.05) is 12.1 Å². The summed E-state index contributed by atoms with van der Waals surface area (Å²) in [5.74, 6) is 0.821. The molecule has 6 nitrogen and oxygen atoms in total. The number of halogens is 3. The molecule has 0 radical (unpaired) electrons. The van der Waals surface area contributed by atoms with Crippen LogP contribution in [-0.2, 0) is 16.0 Å². The van der Waals surface area contributed by atoms with Crippen LogP contribution in [0.25, 0.3) is 0 Å². The van der Waals surface area contributed by atoms with Crippen molar-refractivity contribution < 1.29 is 27.4 Å². The second-order valence-corrected chi connectivity index (χ2v) is 5.36. The molecule has 0 spiro atoms. The average Bonchev–Trinajstić information content (AvgIpc) is 2.62. The van der Waals surface area contributed by atoms with Crippen molar-refractivity contribution in [3.8, 4) is 5.75 Å².